The third kappa shape index (κ3) is 12.3. The van der Waals surface area contributed by atoms with Gasteiger partial charge < -0.3 is 9.22 Å². The van der Waals surface area contributed by atoms with Crippen molar-refractivity contribution in [2.45, 2.75) is 26.9 Å². The van der Waals surface area contributed by atoms with Crippen LogP contribution >= 0.6 is 0 Å². The van der Waals surface area contributed by atoms with E-state index in [1.54, 1.807) is 19.9 Å². The highest BCUT2D eigenvalue weighted by Gasteiger charge is 1.93. The number of allylic oxidation sites excluding steroid dienone is 1. The molecule has 0 aliphatic carbocycles. The minimum Gasteiger partial charge on any atom is -0.478 e. The predicted molar refractivity (Wildman–Crippen MR) is 57.0 cm³/mol. The summed E-state index contributed by atoms with van der Waals surface area (Å²) in [6.07, 6.45) is 1.56. The van der Waals surface area contributed by atoms with E-state index in [0.29, 0.717) is 5.57 Å². The van der Waals surface area contributed by atoms with Gasteiger partial charge in [0, 0.05) is 5.57 Å². The standard InChI is InChI=1S/C5H8O2.C2H10OSi2/c1-3-4(2)5(6)7;1-5(2)3-4/h3H,1-2H3,(H,6,7);5H,1-2,4H3. The average molecular weight is 206 g/mol. The van der Waals surface area contributed by atoms with Gasteiger partial charge in [-0.2, -0.15) is 0 Å². The first-order valence-corrected chi connectivity index (χ1v) is 7.44. The number of carbonyl (C=O) groups is 1. The topological polar surface area (TPSA) is 46.5 Å². The van der Waals surface area contributed by atoms with Crippen molar-refractivity contribution in [1.82, 2.24) is 0 Å². The van der Waals surface area contributed by atoms with E-state index in [0.717, 1.165) is 10.5 Å². The lowest BCUT2D eigenvalue weighted by Gasteiger charge is -1.93. The summed E-state index contributed by atoms with van der Waals surface area (Å²) in [6.45, 7) is 7.60. The maximum absolute atomic E-state index is 9.86. The Morgan fingerprint density at radius 3 is 1.92 bits per heavy atom. The Morgan fingerprint density at radius 2 is 1.92 bits per heavy atom. The van der Waals surface area contributed by atoms with Gasteiger partial charge in [-0.1, -0.05) is 6.08 Å². The first-order chi connectivity index (χ1) is 5.45. The van der Waals surface area contributed by atoms with E-state index >= 15 is 0 Å². The normalized spacial score (nSPS) is 10.9. The Hall–Kier alpha value is -0.396. The zero-order valence-electron chi connectivity index (χ0n) is 8.42. The molecule has 0 unspecified atom stereocenters. The molecule has 0 aromatic rings. The summed E-state index contributed by atoms with van der Waals surface area (Å²) in [5.41, 5.74) is 0.389. The van der Waals surface area contributed by atoms with Crippen molar-refractivity contribution in [3.05, 3.63) is 11.6 Å². The summed E-state index contributed by atoms with van der Waals surface area (Å²) in [6, 6.07) is 0. The first-order valence-electron chi connectivity index (χ1n) is 3.84. The summed E-state index contributed by atoms with van der Waals surface area (Å²) in [7, 11) is 0.347. The summed E-state index contributed by atoms with van der Waals surface area (Å²) in [5, 5.41) is 8.11. The molecule has 0 spiro atoms. The smallest absolute Gasteiger partial charge is 0.330 e. The van der Waals surface area contributed by atoms with Crippen LogP contribution in [0.5, 0.6) is 0 Å². The van der Waals surface area contributed by atoms with Crippen LogP contribution in [0.3, 0.4) is 0 Å². The molecule has 72 valence electrons. The van der Waals surface area contributed by atoms with Gasteiger partial charge in [-0.05, 0) is 26.9 Å². The summed E-state index contributed by atoms with van der Waals surface area (Å²) < 4.78 is 5.03. The Kier molecular flexibility index (Phi) is 10.3. The summed E-state index contributed by atoms with van der Waals surface area (Å²) in [4.78, 5) is 9.86. The van der Waals surface area contributed by atoms with Crippen molar-refractivity contribution in [3.8, 4) is 0 Å². The summed E-state index contributed by atoms with van der Waals surface area (Å²) >= 11 is 0. The van der Waals surface area contributed by atoms with Crippen LogP contribution in [0.4, 0.5) is 0 Å². The van der Waals surface area contributed by atoms with Crippen molar-refractivity contribution in [2.24, 2.45) is 0 Å². The maximum atomic E-state index is 9.86. The molecule has 0 saturated heterocycles. The molecular weight excluding hydrogens is 188 g/mol. The van der Waals surface area contributed by atoms with Crippen LogP contribution in [0.1, 0.15) is 13.8 Å². The van der Waals surface area contributed by atoms with Crippen LogP contribution in [0.15, 0.2) is 11.6 Å². The molecule has 3 nitrogen and oxygen atoms in total. The van der Waals surface area contributed by atoms with Crippen molar-refractivity contribution in [3.63, 3.8) is 0 Å². The highest BCUT2D eigenvalue weighted by molar-refractivity contribution is 6.52. The molecule has 0 rings (SSSR count). The number of hydrogen-bond donors (Lipinski definition) is 1. The minimum atomic E-state index is -0.845. The maximum Gasteiger partial charge on any atom is 0.330 e. The lowest BCUT2D eigenvalue weighted by molar-refractivity contribution is -0.132. The van der Waals surface area contributed by atoms with E-state index in [-0.39, 0.29) is 0 Å². The van der Waals surface area contributed by atoms with E-state index < -0.39 is 15.0 Å². The highest BCUT2D eigenvalue weighted by atomic mass is 28.3. The van der Waals surface area contributed by atoms with Gasteiger partial charge in [0.25, 0.3) is 0 Å². The third-order valence-corrected chi connectivity index (χ3v) is 5.01. The number of hydrogen-bond acceptors (Lipinski definition) is 2. The Balaban J connectivity index is 0. The van der Waals surface area contributed by atoms with Crippen LogP contribution in [-0.4, -0.2) is 30.6 Å². The second kappa shape index (κ2) is 8.70. The summed E-state index contributed by atoms with van der Waals surface area (Å²) in [5.74, 6) is -0.845. The first kappa shape index (κ1) is 14.1. The molecule has 0 aromatic carbocycles. The fourth-order valence-electron chi connectivity index (χ4n) is 0.123. The molecule has 0 aliphatic heterocycles. The van der Waals surface area contributed by atoms with Crippen LogP contribution in [0, 0.1) is 0 Å². The predicted octanol–water partition coefficient (Wildman–Crippen LogP) is 0.304. The molecule has 12 heavy (non-hydrogen) atoms. The van der Waals surface area contributed by atoms with Gasteiger partial charge in [0.1, 0.15) is 10.5 Å². The quantitative estimate of drug-likeness (QED) is 0.522. The number of rotatable bonds is 2. The van der Waals surface area contributed by atoms with E-state index in [4.69, 9.17) is 9.22 Å². The monoisotopic (exact) mass is 206 g/mol. The van der Waals surface area contributed by atoms with Crippen molar-refractivity contribution >= 4 is 25.5 Å². The molecule has 0 aliphatic rings. The van der Waals surface area contributed by atoms with Crippen molar-refractivity contribution < 1.29 is 14.0 Å². The fourth-order valence-corrected chi connectivity index (χ4v) is 0.123. The van der Waals surface area contributed by atoms with Crippen molar-refractivity contribution in [2.75, 3.05) is 0 Å². The molecular formula is C7H18O3Si2. The largest absolute Gasteiger partial charge is 0.478 e. The molecule has 0 radical (unpaired) electrons. The molecule has 0 atom stereocenters. The van der Waals surface area contributed by atoms with Crippen LogP contribution in [0.25, 0.3) is 0 Å². The number of aliphatic carboxylic acids is 1. The Bertz CT molecular complexity index is 155. The van der Waals surface area contributed by atoms with Gasteiger partial charge in [0.05, 0.1) is 0 Å². The molecule has 0 aromatic heterocycles. The third-order valence-electron chi connectivity index (χ3n) is 1.24. The van der Waals surface area contributed by atoms with Gasteiger partial charge in [0.2, 0.25) is 0 Å². The molecule has 0 fully saturated rings. The molecule has 1 N–H and O–H groups in total. The second-order valence-corrected chi connectivity index (χ2v) is 6.54. The SMILES string of the molecule is CC=C(C)C(=O)O.C[SiH](C)O[SiH3]. The van der Waals surface area contributed by atoms with Gasteiger partial charge in [0.15, 0.2) is 9.04 Å². The van der Waals surface area contributed by atoms with E-state index in [1.165, 1.54) is 0 Å². The van der Waals surface area contributed by atoms with Crippen LogP contribution in [0.2, 0.25) is 13.1 Å². The van der Waals surface area contributed by atoms with Crippen LogP contribution in [-0.2, 0) is 8.91 Å². The van der Waals surface area contributed by atoms with Gasteiger partial charge in [-0.25, -0.2) is 4.79 Å². The zero-order valence-corrected chi connectivity index (χ0v) is 11.6. The van der Waals surface area contributed by atoms with E-state index in [2.05, 4.69) is 13.1 Å². The minimum absolute atomic E-state index is 0.389. The highest BCUT2D eigenvalue weighted by Crippen LogP contribution is 1.87. The van der Waals surface area contributed by atoms with Crippen LogP contribution < -0.4 is 0 Å². The number of carboxylic acid groups (broad SMARTS) is 1. The van der Waals surface area contributed by atoms with E-state index in [1.807, 2.05) is 0 Å². The molecule has 0 amide bonds. The molecule has 0 saturated carbocycles. The van der Waals surface area contributed by atoms with Gasteiger partial charge in [-0.15, -0.1) is 0 Å². The lowest BCUT2D eigenvalue weighted by Crippen LogP contribution is -2.02. The van der Waals surface area contributed by atoms with E-state index in [9.17, 15) is 4.79 Å². The molecule has 0 bridgehead atoms. The fraction of sp³-hybridized carbons (Fsp3) is 0.571. The van der Waals surface area contributed by atoms with Crippen molar-refractivity contribution in [1.29, 1.82) is 0 Å². The molecule has 0 heterocycles. The number of carboxylic acids is 1. The Labute approximate surface area is 78.7 Å². The zero-order chi connectivity index (χ0) is 10.1. The molecule has 5 heteroatoms. The average Bonchev–Trinajstić information content (AvgIpc) is 2.04. The Morgan fingerprint density at radius 1 is 1.58 bits per heavy atom. The van der Waals surface area contributed by atoms with Gasteiger partial charge in [-0.3, -0.25) is 0 Å². The van der Waals surface area contributed by atoms with Gasteiger partial charge >= 0.3 is 5.97 Å². The second-order valence-electron chi connectivity index (χ2n) is 2.56. The lowest BCUT2D eigenvalue weighted by atomic mass is 10.3.